The molecule has 1 saturated heterocycles. The lowest BCUT2D eigenvalue weighted by Crippen LogP contribution is -2.58. The quantitative estimate of drug-likeness (QED) is 0.494. The van der Waals surface area contributed by atoms with Crippen LogP contribution in [-0.4, -0.2) is 59.4 Å². The molecule has 5 rings (SSSR count). The van der Waals surface area contributed by atoms with E-state index < -0.39 is 11.9 Å². The lowest BCUT2D eigenvalue weighted by molar-refractivity contribution is -0.128. The van der Waals surface area contributed by atoms with Crippen LogP contribution in [0.2, 0.25) is 0 Å². The fourth-order valence-corrected chi connectivity index (χ4v) is 6.43. The molecule has 2 amide bonds. The van der Waals surface area contributed by atoms with Crippen molar-refractivity contribution in [2.75, 3.05) is 19.6 Å². The molecule has 3 unspecified atom stereocenters. The molecule has 0 aromatic heterocycles. The molecule has 2 aromatic rings. The molecule has 6 nitrogen and oxygen atoms in total. The first-order valence-electron chi connectivity index (χ1n) is 14.5. The fourth-order valence-electron chi connectivity index (χ4n) is 6.43. The van der Waals surface area contributed by atoms with Crippen molar-refractivity contribution in [3.63, 3.8) is 0 Å². The fraction of sp³-hybridized carbons (Fsp3) is 0.548. The van der Waals surface area contributed by atoms with Crippen molar-refractivity contribution in [1.82, 2.24) is 15.1 Å². The molecule has 210 valence electrons. The van der Waals surface area contributed by atoms with Crippen LogP contribution >= 0.6 is 0 Å². The van der Waals surface area contributed by atoms with Gasteiger partial charge in [-0.25, -0.2) is 8.78 Å². The van der Waals surface area contributed by atoms with Gasteiger partial charge in [0.15, 0.2) is 0 Å². The van der Waals surface area contributed by atoms with Gasteiger partial charge in [0, 0.05) is 37.3 Å². The number of piperidine rings is 1. The molecule has 39 heavy (non-hydrogen) atoms. The molecule has 0 radical (unpaired) electrons. The molecule has 8 heteroatoms. The first kappa shape index (κ1) is 27.7. The van der Waals surface area contributed by atoms with E-state index in [1.165, 1.54) is 36.4 Å². The van der Waals surface area contributed by atoms with Gasteiger partial charge in [0.2, 0.25) is 5.91 Å². The molecule has 0 spiro atoms. The van der Waals surface area contributed by atoms with Crippen LogP contribution in [0.4, 0.5) is 8.78 Å². The predicted molar refractivity (Wildman–Crippen MR) is 147 cm³/mol. The maximum atomic E-state index is 13.7. The van der Waals surface area contributed by atoms with Gasteiger partial charge in [-0.05, 0) is 105 Å². The van der Waals surface area contributed by atoms with Crippen LogP contribution in [0.3, 0.4) is 0 Å². The number of carbonyl (C=O) groups is 2. The van der Waals surface area contributed by atoms with Crippen LogP contribution < -0.4 is 11.1 Å². The van der Waals surface area contributed by atoms with Crippen LogP contribution in [0.5, 0.6) is 0 Å². The second-order valence-corrected chi connectivity index (χ2v) is 11.6. The number of likely N-dealkylation sites (tertiary alicyclic amines) is 1. The van der Waals surface area contributed by atoms with Gasteiger partial charge in [-0.15, -0.1) is 0 Å². The molecule has 4 atom stereocenters. The third-order valence-electron chi connectivity index (χ3n) is 8.78. The summed E-state index contributed by atoms with van der Waals surface area (Å²) in [6.45, 7) is 2.42. The van der Waals surface area contributed by atoms with Gasteiger partial charge in [0.05, 0.1) is 0 Å². The van der Waals surface area contributed by atoms with Gasteiger partial charge >= 0.3 is 0 Å². The topological polar surface area (TPSA) is 78.7 Å². The molecular weight excluding hydrogens is 498 g/mol. The van der Waals surface area contributed by atoms with Crippen LogP contribution in [0.1, 0.15) is 67.3 Å². The Morgan fingerprint density at radius 1 is 0.872 bits per heavy atom. The van der Waals surface area contributed by atoms with E-state index in [0.717, 1.165) is 50.5 Å². The van der Waals surface area contributed by atoms with Crippen LogP contribution in [0.25, 0.3) is 0 Å². The summed E-state index contributed by atoms with van der Waals surface area (Å²) in [6, 6.07) is 12.1. The molecule has 3 N–H and O–H groups in total. The molecule has 2 saturated carbocycles. The highest BCUT2D eigenvalue weighted by Crippen LogP contribution is 2.35. The molecule has 0 bridgehead atoms. The smallest absolute Gasteiger partial charge is 0.254 e. The number of rotatable bonds is 9. The van der Waals surface area contributed by atoms with Crippen molar-refractivity contribution in [3.8, 4) is 0 Å². The summed E-state index contributed by atoms with van der Waals surface area (Å²) >= 11 is 0. The van der Waals surface area contributed by atoms with Crippen LogP contribution in [0, 0.1) is 23.5 Å². The van der Waals surface area contributed by atoms with Crippen LogP contribution in [0.15, 0.2) is 48.5 Å². The maximum absolute atomic E-state index is 13.7. The summed E-state index contributed by atoms with van der Waals surface area (Å²) in [7, 11) is 0. The number of benzene rings is 2. The molecule has 3 fully saturated rings. The molecule has 1 aliphatic heterocycles. The first-order valence-corrected chi connectivity index (χ1v) is 14.5. The van der Waals surface area contributed by atoms with E-state index in [0.29, 0.717) is 56.0 Å². The van der Waals surface area contributed by atoms with E-state index in [2.05, 4.69) is 10.2 Å². The van der Waals surface area contributed by atoms with E-state index in [1.54, 1.807) is 4.90 Å². The molecule has 3 aliphatic rings. The van der Waals surface area contributed by atoms with E-state index >= 15 is 0 Å². The largest absolute Gasteiger partial charge is 0.354 e. The van der Waals surface area contributed by atoms with Crippen molar-refractivity contribution in [2.45, 2.75) is 76.0 Å². The highest BCUT2D eigenvalue weighted by molar-refractivity contribution is 5.97. The summed E-state index contributed by atoms with van der Waals surface area (Å²) in [5.74, 6) is -0.109. The van der Waals surface area contributed by atoms with Gasteiger partial charge in [-0.1, -0.05) is 18.6 Å². The van der Waals surface area contributed by atoms with E-state index in [4.69, 9.17) is 5.73 Å². The van der Waals surface area contributed by atoms with Gasteiger partial charge < -0.3 is 16.0 Å². The van der Waals surface area contributed by atoms with Gasteiger partial charge in [0.1, 0.15) is 17.7 Å². The lowest BCUT2D eigenvalue weighted by Gasteiger charge is -2.43. The maximum Gasteiger partial charge on any atom is 0.254 e. The van der Waals surface area contributed by atoms with Crippen molar-refractivity contribution in [3.05, 3.63) is 71.3 Å². The SMILES string of the molecule is NCC1CCCC(CNC(=O)[C@H]2CC(N(Cc3ccc(F)cc3)C3CC3)CCN2C(=O)c2ccc(F)cc2)C1. The number of amides is 2. The highest BCUT2D eigenvalue weighted by atomic mass is 19.1. The second kappa shape index (κ2) is 12.6. The normalized spacial score (nSPS) is 25.5. The summed E-state index contributed by atoms with van der Waals surface area (Å²) in [6.07, 6.45) is 7.87. The minimum absolute atomic E-state index is 0.123. The third-order valence-corrected chi connectivity index (χ3v) is 8.78. The Bertz CT molecular complexity index is 1120. The average molecular weight is 539 g/mol. The zero-order valence-corrected chi connectivity index (χ0v) is 22.5. The van der Waals surface area contributed by atoms with E-state index in [-0.39, 0.29) is 23.7 Å². The Hall–Kier alpha value is -2.84. The third kappa shape index (κ3) is 7.03. The number of carbonyl (C=O) groups excluding carboxylic acids is 2. The zero-order chi connectivity index (χ0) is 27.4. The lowest BCUT2D eigenvalue weighted by atomic mass is 9.81. The van der Waals surface area contributed by atoms with E-state index in [1.807, 2.05) is 12.1 Å². The predicted octanol–water partition coefficient (Wildman–Crippen LogP) is 4.48. The molecular formula is C31H40F2N4O2. The average Bonchev–Trinajstić information content (AvgIpc) is 3.81. The highest BCUT2D eigenvalue weighted by Gasteiger charge is 2.42. The summed E-state index contributed by atoms with van der Waals surface area (Å²) in [5.41, 5.74) is 7.34. The Labute approximate surface area is 229 Å². The standard InChI is InChI=1S/C31H40F2N4O2/c32-25-8-4-21(5-9-25)20-37(27-12-13-27)28-14-15-36(31(39)24-6-10-26(33)11-7-24)29(17-28)30(38)35-19-23-3-1-2-22(16-23)18-34/h4-11,22-23,27-29H,1-3,12-20,34H2,(H,35,38)/t22?,23?,28?,29-/m1/s1. The van der Waals surface area contributed by atoms with E-state index in [9.17, 15) is 18.4 Å². The zero-order valence-electron chi connectivity index (χ0n) is 22.5. The number of hydrogen-bond acceptors (Lipinski definition) is 4. The van der Waals surface area contributed by atoms with Crippen molar-refractivity contribution < 1.29 is 18.4 Å². The summed E-state index contributed by atoms with van der Waals surface area (Å²) < 4.78 is 27.0. The molecule has 2 aliphatic carbocycles. The Kier molecular flexibility index (Phi) is 8.92. The number of halogens is 2. The van der Waals surface area contributed by atoms with Crippen molar-refractivity contribution >= 4 is 11.8 Å². The molecule has 1 heterocycles. The monoisotopic (exact) mass is 538 g/mol. The van der Waals surface area contributed by atoms with Gasteiger partial charge in [-0.2, -0.15) is 0 Å². The van der Waals surface area contributed by atoms with Crippen molar-refractivity contribution in [1.29, 1.82) is 0 Å². The Morgan fingerprint density at radius 3 is 2.21 bits per heavy atom. The van der Waals surface area contributed by atoms with Gasteiger partial charge in [0.25, 0.3) is 5.91 Å². The first-order chi connectivity index (χ1) is 18.9. The number of nitrogens with one attached hydrogen (secondary N) is 1. The van der Waals surface area contributed by atoms with Gasteiger partial charge in [-0.3, -0.25) is 14.5 Å². The second-order valence-electron chi connectivity index (χ2n) is 11.6. The minimum Gasteiger partial charge on any atom is -0.354 e. The minimum atomic E-state index is -0.607. The van der Waals surface area contributed by atoms with Crippen LogP contribution in [-0.2, 0) is 11.3 Å². The summed E-state index contributed by atoms with van der Waals surface area (Å²) in [5, 5.41) is 3.18. The Balaban J connectivity index is 1.31. The Morgan fingerprint density at radius 2 is 1.54 bits per heavy atom. The van der Waals surface area contributed by atoms with Crippen molar-refractivity contribution in [2.24, 2.45) is 17.6 Å². The number of nitrogens with zero attached hydrogens (tertiary/aromatic N) is 2. The summed E-state index contributed by atoms with van der Waals surface area (Å²) in [4.78, 5) is 31.3. The number of hydrogen-bond donors (Lipinski definition) is 2. The number of nitrogens with two attached hydrogens (primary N) is 1. The molecule has 2 aromatic carbocycles.